The molecule has 1 aliphatic carbocycles. The smallest absolute Gasteiger partial charge is 0.261 e. The second-order valence-corrected chi connectivity index (χ2v) is 13.2. The maximum Gasteiger partial charge on any atom is 0.261 e. The average molecular weight is 381 g/mol. The van der Waals surface area contributed by atoms with Gasteiger partial charge in [-0.25, -0.2) is 0 Å². The minimum atomic E-state index is -2.45. The Labute approximate surface area is 165 Å². The number of hydrogen-bond donors (Lipinski definition) is 0. The molecular weight excluding hydrogens is 348 g/mol. The van der Waals surface area contributed by atoms with E-state index in [2.05, 4.69) is 81.4 Å². The van der Waals surface area contributed by atoms with Crippen molar-refractivity contribution in [2.75, 3.05) is 6.61 Å². The van der Waals surface area contributed by atoms with Crippen LogP contribution in [0.25, 0.3) is 0 Å². The van der Waals surface area contributed by atoms with Crippen LogP contribution >= 0.6 is 0 Å². The fourth-order valence-corrected chi connectivity index (χ4v) is 9.25. The normalized spacial score (nSPS) is 21.0. The molecule has 0 N–H and O–H groups in total. The maximum atomic E-state index is 11.3. The van der Waals surface area contributed by atoms with E-state index >= 15 is 0 Å². The van der Waals surface area contributed by atoms with E-state index in [-0.39, 0.29) is 11.0 Å². The van der Waals surface area contributed by atoms with E-state index in [1.54, 1.807) is 0 Å². The van der Waals surface area contributed by atoms with Crippen LogP contribution in [-0.2, 0) is 9.22 Å². The molecule has 3 heteroatoms. The zero-order chi connectivity index (χ0) is 19.3. The van der Waals surface area contributed by atoms with Gasteiger partial charge in [0.25, 0.3) is 8.32 Å². The van der Waals surface area contributed by atoms with Crippen molar-refractivity contribution in [2.45, 2.75) is 51.5 Å². The van der Waals surface area contributed by atoms with Gasteiger partial charge in [0.15, 0.2) is 0 Å². The second kappa shape index (κ2) is 8.53. The van der Waals surface area contributed by atoms with Gasteiger partial charge in [0, 0.05) is 12.5 Å². The summed E-state index contributed by atoms with van der Waals surface area (Å²) in [5, 5.41) is 2.66. The second-order valence-electron chi connectivity index (χ2n) is 8.90. The minimum Gasteiger partial charge on any atom is -0.407 e. The number of carbonyl (C=O) groups excluding carboxylic acids is 1. The van der Waals surface area contributed by atoms with Gasteiger partial charge in [0.2, 0.25) is 0 Å². The molecule has 2 aromatic carbocycles. The first-order valence-corrected chi connectivity index (χ1v) is 12.1. The molecule has 0 heterocycles. The third kappa shape index (κ3) is 4.25. The highest BCUT2D eigenvalue weighted by molar-refractivity contribution is 6.99. The minimum absolute atomic E-state index is 0.00837. The Morgan fingerprint density at radius 3 is 2.00 bits per heavy atom. The van der Waals surface area contributed by atoms with Crippen molar-refractivity contribution in [2.24, 2.45) is 11.8 Å². The Balaban J connectivity index is 1.98. The SMILES string of the molecule is CC(C)(C)[Si](OCC1CCCC(C=O)C1)(c1ccccc1)c1ccccc1. The van der Waals surface area contributed by atoms with Gasteiger partial charge >= 0.3 is 0 Å². The molecule has 1 fully saturated rings. The van der Waals surface area contributed by atoms with E-state index in [0.29, 0.717) is 5.92 Å². The third-order valence-electron chi connectivity index (χ3n) is 5.97. The highest BCUT2D eigenvalue weighted by Gasteiger charge is 2.50. The summed E-state index contributed by atoms with van der Waals surface area (Å²) in [6, 6.07) is 21.6. The lowest BCUT2D eigenvalue weighted by Gasteiger charge is -2.44. The Hall–Kier alpha value is -1.71. The van der Waals surface area contributed by atoms with E-state index in [0.717, 1.165) is 32.2 Å². The Kier molecular flexibility index (Phi) is 6.33. The summed E-state index contributed by atoms with van der Waals surface area (Å²) in [6.07, 6.45) is 5.47. The summed E-state index contributed by atoms with van der Waals surface area (Å²) in [7, 11) is -2.45. The predicted molar refractivity (Wildman–Crippen MR) is 115 cm³/mol. The first-order valence-electron chi connectivity index (χ1n) is 10.2. The molecule has 0 bridgehead atoms. The summed E-state index contributed by atoms with van der Waals surface area (Å²) in [5.74, 6) is 0.696. The molecule has 3 rings (SSSR count). The van der Waals surface area contributed by atoms with Crippen LogP contribution in [0.5, 0.6) is 0 Å². The molecule has 144 valence electrons. The molecule has 0 radical (unpaired) electrons. The monoisotopic (exact) mass is 380 g/mol. The summed E-state index contributed by atoms with van der Waals surface area (Å²) in [6.45, 7) is 7.69. The molecule has 0 spiro atoms. The van der Waals surface area contributed by atoms with Crippen LogP contribution < -0.4 is 10.4 Å². The third-order valence-corrected chi connectivity index (χ3v) is 11.0. The maximum absolute atomic E-state index is 11.3. The highest BCUT2D eigenvalue weighted by Crippen LogP contribution is 2.38. The lowest BCUT2D eigenvalue weighted by atomic mass is 9.83. The molecule has 0 aromatic heterocycles. The van der Waals surface area contributed by atoms with E-state index in [1.165, 1.54) is 16.8 Å². The van der Waals surface area contributed by atoms with E-state index < -0.39 is 8.32 Å². The summed E-state index contributed by atoms with van der Waals surface area (Å²) < 4.78 is 7.02. The number of aldehydes is 1. The molecule has 0 saturated heterocycles. The molecule has 2 unspecified atom stereocenters. The van der Waals surface area contributed by atoms with Crippen LogP contribution in [0, 0.1) is 11.8 Å². The van der Waals surface area contributed by atoms with Crippen molar-refractivity contribution in [3.05, 3.63) is 60.7 Å². The lowest BCUT2D eigenvalue weighted by Crippen LogP contribution is -2.67. The van der Waals surface area contributed by atoms with Crippen LogP contribution in [0.3, 0.4) is 0 Å². The van der Waals surface area contributed by atoms with Gasteiger partial charge in [-0.1, -0.05) is 87.9 Å². The van der Waals surface area contributed by atoms with Gasteiger partial charge in [0.1, 0.15) is 6.29 Å². The van der Waals surface area contributed by atoms with Gasteiger partial charge in [-0.2, -0.15) is 0 Å². The fraction of sp³-hybridized carbons (Fsp3) is 0.458. The highest BCUT2D eigenvalue weighted by atomic mass is 28.4. The molecule has 0 amide bonds. The molecule has 1 saturated carbocycles. The summed E-state index contributed by atoms with van der Waals surface area (Å²) >= 11 is 0. The van der Waals surface area contributed by atoms with Gasteiger partial charge < -0.3 is 9.22 Å². The van der Waals surface area contributed by atoms with Gasteiger partial charge in [-0.05, 0) is 40.6 Å². The Bertz CT molecular complexity index is 682. The van der Waals surface area contributed by atoms with Crippen molar-refractivity contribution >= 4 is 25.0 Å². The number of rotatable bonds is 6. The molecule has 1 aliphatic rings. The number of carbonyl (C=O) groups is 1. The van der Waals surface area contributed by atoms with Crippen molar-refractivity contribution < 1.29 is 9.22 Å². The molecule has 27 heavy (non-hydrogen) atoms. The van der Waals surface area contributed by atoms with Crippen molar-refractivity contribution in [1.82, 2.24) is 0 Å². The lowest BCUT2D eigenvalue weighted by molar-refractivity contribution is -0.112. The zero-order valence-corrected chi connectivity index (χ0v) is 17.9. The van der Waals surface area contributed by atoms with Gasteiger partial charge in [-0.15, -0.1) is 0 Å². The van der Waals surface area contributed by atoms with Crippen LogP contribution in [0.2, 0.25) is 5.04 Å². The molecule has 2 aromatic rings. The van der Waals surface area contributed by atoms with Crippen LogP contribution in [0.1, 0.15) is 46.5 Å². The molecule has 2 atom stereocenters. The molecule has 0 aliphatic heterocycles. The molecular formula is C24H32O2Si. The number of hydrogen-bond acceptors (Lipinski definition) is 2. The van der Waals surface area contributed by atoms with Crippen molar-refractivity contribution in [3.8, 4) is 0 Å². The Morgan fingerprint density at radius 1 is 0.963 bits per heavy atom. The fourth-order valence-electron chi connectivity index (χ4n) is 4.61. The quantitative estimate of drug-likeness (QED) is 0.542. The summed E-state index contributed by atoms with van der Waals surface area (Å²) in [4.78, 5) is 11.3. The van der Waals surface area contributed by atoms with E-state index in [9.17, 15) is 4.79 Å². The Morgan fingerprint density at radius 2 is 1.52 bits per heavy atom. The van der Waals surface area contributed by atoms with Crippen LogP contribution in [0.15, 0.2) is 60.7 Å². The average Bonchev–Trinajstić information content (AvgIpc) is 2.69. The largest absolute Gasteiger partial charge is 0.407 e. The van der Waals surface area contributed by atoms with E-state index in [1.807, 2.05) is 0 Å². The topological polar surface area (TPSA) is 26.3 Å². The molecule has 2 nitrogen and oxygen atoms in total. The first-order chi connectivity index (χ1) is 13.0. The number of benzene rings is 2. The zero-order valence-electron chi connectivity index (χ0n) is 16.9. The van der Waals surface area contributed by atoms with Crippen LogP contribution in [-0.4, -0.2) is 21.2 Å². The van der Waals surface area contributed by atoms with E-state index in [4.69, 9.17) is 4.43 Å². The van der Waals surface area contributed by atoms with Crippen LogP contribution in [0.4, 0.5) is 0 Å². The first kappa shape index (κ1) is 20.0. The van der Waals surface area contributed by atoms with Gasteiger partial charge in [0.05, 0.1) is 0 Å². The van der Waals surface area contributed by atoms with Crippen molar-refractivity contribution in [3.63, 3.8) is 0 Å². The summed E-state index contributed by atoms with van der Waals surface area (Å²) in [5.41, 5.74) is 0. The van der Waals surface area contributed by atoms with Crippen molar-refractivity contribution in [1.29, 1.82) is 0 Å². The van der Waals surface area contributed by atoms with Gasteiger partial charge in [-0.3, -0.25) is 0 Å². The standard InChI is InChI=1S/C24H32O2Si/c1-24(2,3)27(22-13-6-4-7-14-22,23-15-8-5-9-16-23)26-19-21-12-10-11-20(17-21)18-25/h4-9,13-16,18,20-21H,10-12,17,19H2,1-3H3. The predicted octanol–water partition coefficient (Wildman–Crippen LogP) is 4.57.